The Balaban J connectivity index is 1.58. The number of H-pyrrole nitrogens is 1. The molecule has 8 heteroatoms. The minimum atomic E-state index is -0.673. The maximum absolute atomic E-state index is 14.5. The highest BCUT2D eigenvalue weighted by Crippen LogP contribution is 2.34. The van der Waals surface area contributed by atoms with Crippen LogP contribution in [-0.4, -0.2) is 37.1 Å². The number of nitrogens with one attached hydrogen (secondary N) is 1. The first-order valence-electron chi connectivity index (χ1n) is 11.6. The zero-order chi connectivity index (χ0) is 26.2. The van der Waals surface area contributed by atoms with Crippen molar-refractivity contribution in [3.05, 3.63) is 102 Å². The summed E-state index contributed by atoms with van der Waals surface area (Å²) in [5.41, 5.74) is 2.62. The number of aromatic amines is 1. The molecule has 0 unspecified atom stereocenters. The summed E-state index contributed by atoms with van der Waals surface area (Å²) >= 11 is 0. The van der Waals surface area contributed by atoms with Gasteiger partial charge in [0.2, 0.25) is 0 Å². The highest BCUT2D eigenvalue weighted by atomic mass is 19.1. The summed E-state index contributed by atoms with van der Waals surface area (Å²) in [4.78, 5) is 26.6. The van der Waals surface area contributed by atoms with Crippen LogP contribution in [0.4, 0.5) is 4.39 Å². The lowest BCUT2D eigenvalue weighted by molar-refractivity contribution is 0.0466. The Morgan fingerprint density at radius 2 is 1.78 bits per heavy atom. The number of carbonyl (C=O) groups is 2. The summed E-state index contributed by atoms with van der Waals surface area (Å²) < 4.78 is 36.7. The number of hydrogen-bond acceptors (Lipinski definition) is 6. The second kappa shape index (κ2) is 12.0. The molecule has 3 aromatic carbocycles. The predicted octanol–water partition coefficient (Wildman–Crippen LogP) is 6.20. The Morgan fingerprint density at radius 3 is 2.51 bits per heavy atom. The number of benzene rings is 3. The lowest BCUT2D eigenvalue weighted by Gasteiger charge is -2.16. The van der Waals surface area contributed by atoms with Crippen molar-refractivity contribution in [1.82, 2.24) is 4.98 Å². The van der Waals surface area contributed by atoms with Crippen molar-refractivity contribution >= 4 is 12.3 Å². The Kier molecular flexibility index (Phi) is 8.33. The molecule has 0 aliphatic heterocycles. The lowest BCUT2D eigenvalue weighted by Crippen LogP contribution is -2.17. The van der Waals surface area contributed by atoms with E-state index in [1.165, 1.54) is 12.1 Å². The minimum absolute atomic E-state index is 0.0460. The molecular weight excluding hydrogens is 477 g/mol. The summed E-state index contributed by atoms with van der Waals surface area (Å²) in [7, 11) is 1.58. The van der Waals surface area contributed by atoms with Crippen LogP contribution in [0.3, 0.4) is 0 Å². The first-order chi connectivity index (χ1) is 17.9. The van der Waals surface area contributed by atoms with Gasteiger partial charge in [0.1, 0.15) is 36.2 Å². The van der Waals surface area contributed by atoms with Crippen LogP contribution in [0.1, 0.15) is 33.3 Å². The largest absolute Gasteiger partial charge is 0.488 e. The molecule has 0 saturated heterocycles. The van der Waals surface area contributed by atoms with E-state index >= 15 is 0 Å². The van der Waals surface area contributed by atoms with Gasteiger partial charge in [0.15, 0.2) is 11.6 Å². The molecule has 0 bridgehead atoms. The van der Waals surface area contributed by atoms with E-state index in [0.29, 0.717) is 35.6 Å². The molecule has 4 aromatic rings. The van der Waals surface area contributed by atoms with E-state index < -0.39 is 11.8 Å². The highest BCUT2D eigenvalue weighted by molar-refractivity contribution is 5.88. The highest BCUT2D eigenvalue weighted by Gasteiger charge is 2.15. The van der Waals surface area contributed by atoms with E-state index in [1.807, 2.05) is 37.3 Å². The molecular formula is C29H26FNO6. The van der Waals surface area contributed by atoms with Crippen molar-refractivity contribution in [2.75, 3.05) is 13.7 Å². The quantitative estimate of drug-likeness (QED) is 0.194. The number of hydrogen-bond donors (Lipinski definition) is 1. The van der Waals surface area contributed by atoms with E-state index in [-0.39, 0.29) is 29.7 Å². The zero-order valence-electron chi connectivity index (χ0n) is 20.4. The van der Waals surface area contributed by atoms with Crippen LogP contribution in [0.25, 0.3) is 11.3 Å². The zero-order valence-corrected chi connectivity index (χ0v) is 20.4. The van der Waals surface area contributed by atoms with Crippen LogP contribution in [0, 0.1) is 5.82 Å². The Morgan fingerprint density at radius 1 is 1.00 bits per heavy atom. The Hall–Kier alpha value is -4.43. The molecule has 1 atom stereocenters. The number of methoxy groups -OCH3 is 1. The fourth-order valence-electron chi connectivity index (χ4n) is 3.64. The number of esters is 1. The van der Waals surface area contributed by atoms with Crippen molar-refractivity contribution < 1.29 is 32.9 Å². The number of ether oxygens (including phenoxy) is 4. The molecule has 1 N–H and O–H groups in total. The van der Waals surface area contributed by atoms with Gasteiger partial charge < -0.3 is 23.9 Å². The lowest BCUT2D eigenvalue weighted by atomic mass is 10.1. The number of carbonyl (C=O) groups excluding carboxylic acids is 2. The van der Waals surface area contributed by atoms with Crippen LogP contribution in [0.15, 0.2) is 78.9 Å². The van der Waals surface area contributed by atoms with Crippen LogP contribution in [0.5, 0.6) is 17.2 Å². The monoisotopic (exact) mass is 503 g/mol. The van der Waals surface area contributed by atoms with E-state index in [4.69, 9.17) is 18.9 Å². The summed E-state index contributed by atoms with van der Waals surface area (Å²) in [5.74, 6) is -0.448. The average Bonchev–Trinajstić information content (AvgIpc) is 3.40. The fraction of sp³-hybridized carbons (Fsp3) is 0.172. The molecule has 1 heterocycles. The molecule has 4 rings (SSSR count). The van der Waals surface area contributed by atoms with Crippen LogP contribution in [0.2, 0.25) is 0 Å². The van der Waals surface area contributed by atoms with Crippen LogP contribution < -0.4 is 9.47 Å². The maximum atomic E-state index is 14.5. The molecule has 7 nitrogen and oxygen atoms in total. The third-order valence-electron chi connectivity index (χ3n) is 5.37. The summed E-state index contributed by atoms with van der Waals surface area (Å²) in [6.07, 6.45) is 0.300. The predicted molar refractivity (Wildman–Crippen MR) is 136 cm³/mol. The standard InChI is InChI=1S/C29H26FNO6/c1-19(17-34-2)36-23-13-22(14-24(15-23)37-28-11-8-21(16-32)12-25(28)30)26-9-10-27(31-26)29(33)35-18-20-6-4-3-5-7-20/h3-16,19,31H,17-18H2,1-2H3/t19-/m0/s1. The molecule has 1 aromatic heterocycles. The number of aldehydes is 1. The summed E-state index contributed by atoms with van der Waals surface area (Å²) in [5, 5.41) is 0. The van der Waals surface area contributed by atoms with Gasteiger partial charge in [-0.15, -0.1) is 0 Å². The van der Waals surface area contributed by atoms with Gasteiger partial charge in [-0.05, 0) is 55.0 Å². The van der Waals surface area contributed by atoms with Gasteiger partial charge in [-0.3, -0.25) is 4.79 Å². The molecule has 0 radical (unpaired) electrons. The Labute approximate surface area is 213 Å². The summed E-state index contributed by atoms with van der Waals surface area (Å²) in [6, 6.07) is 21.8. The molecule has 0 amide bonds. The first kappa shape index (κ1) is 25.7. The third kappa shape index (κ3) is 6.83. The molecule has 37 heavy (non-hydrogen) atoms. The third-order valence-corrected chi connectivity index (χ3v) is 5.37. The number of rotatable bonds is 11. The molecule has 190 valence electrons. The van der Waals surface area contributed by atoms with Crippen molar-refractivity contribution in [1.29, 1.82) is 0 Å². The molecule has 0 aliphatic rings. The fourth-order valence-corrected chi connectivity index (χ4v) is 3.64. The van der Waals surface area contributed by atoms with Gasteiger partial charge in [0.25, 0.3) is 0 Å². The molecule has 0 aliphatic carbocycles. The SMILES string of the molecule is COC[C@H](C)Oc1cc(Oc2ccc(C=O)cc2F)cc(-c2ccc(C(=O)OCc3ccccc3)[nH]2)c1. The number of aromatic nitrogens is 1. The van der Waals surface area contributed by atoms with Crippen molar-refractivity contribution in [3.63, 3.8) is 0 Å². The van der Waals surface area contributed by atoms with E-state index in [0.717, 1.165) is 11.6 Å². The smallest absolute Gasteiger partial charge is 0.355 e. The Bertz CT molecular complexity index is 1370. The van der Waals surface area contributed by atoms with Crippen LogP contribution >= 0.6 is 0 Å². The first-order valence-corrected chi connectivity index (χ1v) is 11.6. The van der Waals surface area contributed by atoms with Gasteiger partial charge in [-0.2, -0.15) is 0 Å². The number of halogens is 1. The second-order valence-electron chi connectivity index (χ2n) is 8.33. The van der Waals surface area contributed by atoms with E-state index in [2.05, 4.69) is 4.98 Å². The molecule has 0 spiro atoms. The average molecular weight is 504 g/mol. The van der Waals surface area contributed by atoms with Crippen molar-refractivity contribution in [3.8, 4) is 28.5 Å². The maximum Gasteiger partial charge on any atom is 0.355 e. The topological polar surface area (TPSA) is 86.8 Å². The van der Waals surface area contributed by atoms with Gasteiger partial charge in [-0.1, -0.05) is 30.3 Å². The van der Waals surface area contributed by atoms with Gasteiger partial charge in [-0.25, -0.2) is 9.18 Å². The van der Waals surface area contributed by atoms with Crippen LogP contribution in [-0.2, 0) is 16.1 Å². The summed E-state index contributed by atoms with van der Waals surface area (Å²) in [6.45, 7) is 2.37. The second-order valence-corrected chi connectivity index (χ2v) is 8.33. The van der Waals surface area contributed by atoms with Gasteiger partial charge >= 0.3 is 5.97 Å². The molecule has 0 fully saturated rings. The minimum Gasteiger partial charge on any atom is -0.488 e. The van der Waals surface area contributed by atoms with E-state index in [1.54, 1.807) is 37.4 Å². The van der Waals surface area contributed by atoms with E-state index in [9.17, 15) is 14.0 Å². The van der Waals surface area contributed by atoms with Gasteiger partial charge in [0, 0.05) is 30.0 Å². The van der Waals surface area contributed by atoms with Crippen molar-refractivity contribution in [2.24, 2.45) is 0 Å². The van der Waals surface area contributed by atoms with Gasteiger partial charge in [0.05, 0.1) is 6.61 Å². The normalized spacial score (nSPS) is 11.5. The molecule has 0 saturated carbocycles. The van der Waals surface area contributed by atoms with Crippen molar-refractivity contribution in [2.45, 2.75) is 19.6 Å².